The van der Waals surface area contributed by atoms with E-state index in [1.54, 1.807) is 24.4 Å². The summed E-state index contributed by atoms with van der Waals surface area (Å²) in [4.78, 5) is 4.29. The zero-order chi connectivity index (χ0) is 15.1. The molecular formula is C16H13FN4O. The molecule has 2 aromatic heterocycles. The molecule has 0 saturated carbocycles. The van der Waals surface area contributed by atoms with E-state index in [0.29, 0.717) is 24.2 Å². The standard InChI is InChI=1S/C16H13FN4O/c17-12-5-1-2-6-13(12)21-16(22)11-7-9-19-15-10(14(11)20-21)4-3-8-18-15/h1-6,8,22H,7,9H2,(H,18,19). The Labute approximate surface area is 126 Å². The number of hydrogen-bond acceptors (Lipinski definition) is 4. The van der Waals surface area contributed by atoms with Gasteiger partial charge in [0.15, 0.2) is 0 Å². The normalized spacial score (nSPS) is 13.0. The molecule has 1 aliphatic heterocycles. The Morgan fingerprint density at radius 1 is 1.18 bits per heavy atom. The molecule has 3 aromatic rings. The summed E-state index contributed by atoms with van der Waals surface area (Å²) < 4.78 is 15.3. The molecule has 0 unspecified atom stereocenters. The highest BCUT2D eigenvalue weighted by atomic mass is 19.1. The first-order valence-corrected chi connectivity index (χ1v) is 7.01. The molecule has 4 rings (SSSR count). The lowest BCUT2D eigenvalue weighted by molar-refractivity contribution is 0.425. The predicted molar refractivity (Wildman–Crippen MR) is 80.6 cm³/mol. The Morgan fingerprint density at radius 3 is 2.91 bits per heavy atom. The van der Waals surface area contributed by atoms with E-state index >= 15 is 0 Å². The van der Waals surface area contributed by atoms with Crippen molar-refractivity contribution in [1.82, 2.24) is 14.8 Å². The minimum absolute atomic E-state index is 0.0291. The highest BCUT2D eigenvalue weighted by molar-refractivity contribution is 5.77. The average molecular weight is 296 g/mol. The van der Waals surface area contributed by atoms with E-state index < -0.39 is 5.82 Å². The second kappa shape index (κ2) is 4.84. The largest absolute Gasteiger partial charge is 0.493 e. The average Bonchev–Trinajstić information content (AvgIpc) is 2.75. The maximum Gasteiger partial charge on any atom is 0.218 e. The quantitative estimate of drug-likeness (QED) is 0.725. The van der Waals surface area contributed by atoms with E-state index in [-0.39, 0.29) is 11.6 Å². The number of nitrogens with zero attached hydrogens (tertiary/aromatic N) is 3. The summed E-state index contributed by atoms with van der Waals surface area (Å²) in [5, 5.41) is 18.1. The van der Waals surface area contributed by atoms with Crippen LogP contribution in [-0.2, 0) is 6.42 Å². The third-order valence-corrected chi connectivity index (χ3v) is 3.77. The van der Waals surface area contributed by atoms with Gasteiger partial charge in [-0.1, -0.05) is 12.1 Å². The van der Waals surface area contributed by atoms with Gasteiger partial charge in [-0.15, -0.1) is 0 Å². The Balaban J connectivity index is 1.96. The number of fused-ring (bicyclic) bond motifs is 3. The highest BCUT2D eigenvalue weighted by Gasteiger charge is 2.24. The van der Waals surface area contributed by atoms with Gasteiger partial charge in [0.1, 0.15) is 23.0 Å². The van der Waals surface area contributed by atoms with Gasteiger partial charge in [-0.25, -0.2) is 9.37 Å². The van der Waals surface area contributed by atoms with Crippen molar-refractivity contribution >= 4 is 5.82 Å². The monoisotopic (exact) mass is 296 g/mol. The van der Waals surface area contributed by atoms with Crippen LogP contribution in [0, 0.1) is 5.82 Å². The fourth-order valence-electron chi connectivity index (χ4n) is 2.72. The summed E-state index contributed by atoms with van der Waals surface area (Å²) in [6, 6.07) is 9.95. The van der Waals surface area contributed by atoms with Crippen LogP contribution in [0.2, 0.25) is 0 Å². The third kappa shape index (κ3) is 1.84. The number of para-hydroxylation sites is 1. The van der Waals surface area contributed by atoms with Gasteiger partial charge in [0, 0.05) is 23.9 Å². The molecule has 0 aliphatic carbocycles. The maximum absolute atomic E-state index is 14.0. The minimum atomic E-state index is -0.431. The van der Waals surface area contributed by atoms with Crippen molar-refractivity contribution < 1.29 is 9.50 Å². The zero-order valence-electron chi connectivity index (χ0n) is 11.6. The molecule has 110 valence electrons. The fourth-order valence-corrected chi connectivity index (χ4v) is 2.72. The lowest BCUT2D eigenvalue weighted by atomic mass is 10.1. The van der Waals surface area contributed by atoms with Crippen molar-refractivity contribution in [2.24, 2.45) is 0 Å². The van der Waals surface area contributed by atoms with E-state index in [1.807, 2.05) is 12.1 Å². The highest BCUT2D eigenvalue weighted by Crippen LogP contribution is 2.37. The first-order valence-electron chi connectivity index (χ1n) is 7.01. The molecule has 0 fully saturated rings. The van der Waals surface area contributed by atoms with Crippen LogP contribution < -0.4 is 5.32 Å². The molecule has 2 N–H and O–H groups in total. The number of aromatic nitrogens is 3. The van der Waals surface area contributed by atoms with Crippen molar-refractivity contribution in [3.8, 4) is 22.8 Å². The van der Waals surface area contributed by atoms with Crippen LogP contribution in [0.25, 0.3) is 16.9 Å². The molecule has 0 radical (unpaired) electrons. The number of aromatic hydroxyl groups is 1. The topological polar surface area (TPSA) is 63.0 Å². The summed E-state index contributed by atoms with van der Waals surface area (Å²) in [7, 11) is 0. The Bertz CT molecular complexity index is 859. The smallest absolute Gasteiger partial charge is 0.218 e. The summed E-state index contributed by atoms with van der Waals surface area (Å²) in [5.74, 6) is 0.262. The zero-order valence-corrected chi connectivity index (χ0v) is 11.6. The number of hydrogen-bond donors (Lipinski definition) is 2. The molecule has 0 spiro atoms. The van der Waals surface area contributed by atoms with Crippen molar-refractivity contribution in [2.75, 3.05) is 11.9 Å². The van der Waals surface area contributed by atoms with E-state index in [1.165, 1.54) is 10.7 Å². The van der Waals surface area contributed by atoms with Crippen LogP contribution in [0.3, 0.4) is 0 Å². The second-order valence-corrected chi connectivity index (χ2v) is 5.09. The van der Waals surface area contributed by atoms with Crippen LogP contribution in [0.1, 0.15) is 5.56 Å². The minimum Gasteiger partial charge on any atom is -0.493 e. The SMILES string of the molecule is Oc1c2c(nn1-c1ccccc1F)-c1cccnc1NCC2. The van der Waals surface area contributed by atoms with Crippen LogP contribution in [0.15, 0.2) is 42.6 Å². The lowest BCUT2D eigenvalue weighted by Crippen LogP contribution is -2.05. The van der Waals surface area contributed by atoms with Gasteiger partial charge < -0.3 is 10.4 Å². The van der Waals surface area contributed by atoms with Crippen LogP contribution >= 0.6 is 0 Å². The molecule has 3 heterocycles. The molecule has 6 heteroatoms. The summed E-state index contributed by atoms with van der Waals surface area (Å²) in [5.41, 5.74) is 2.36. The molecule has 22 heavy (non-hydrogen) atoms. The van der Waals surface area contributed by atoms with Crippen molar-refractivity contribution in [3.05, 3.63) is 54.0 Å². The molecule has 1 aromatic carbocycles. The van der Waals surface area contributed by atoms with Crippen molar-refractivity contribution in [2.45, 2.75) is 6.42 Å². The molecule has 1 aliphatic rings. The van der Waals surface area contributed by atoms with Crippen LogP contribution in [0.5, 0.6) is 5.88 Å². The maximum atomic E-state index is 14.0. The van der Waals surface area contributed by atoms with Crippen LogP contribution in [0.4, 0.5) is 10.2 Å². The molecule has 0 bridgehead atoms. The third-order valence-electron chi connectivity index (χ3n) is 3.77. The van der Waals surface area contributed by atoms with Crippen molar-refractivity contribution in [1.29, 1.82) is 0 Å². The molecule has 0 amide bonds. The fraction of sp³-hybridized carbons (Fsp3) is 0.125. The molecule has 0 atom stereocenters. The molecular weight excluding hydrogens is 283 g/mol. The van der Waals surface area contributed by atoms with E-state index in [4.69, 9.17) is 0 Å². The van der Waals surface area contributed by atoms with Gasteiger partial charge in [0.25, 0.3) is 0 Å². The van der Waals surface area contributed by atoms with Crippen molar-refractivity contribution in [3.63, 3.8) is 0 Å². The molecule has 5 nitrogen and oxygen atoms in total. The predicted octanol–water partition coefficient (Wildman–Crippen LogP) is 2.75. The first-order chi connectivity index (χ1) is 10.8. The first kappa shape index (κ1) is 12.8. The van der Waals surface area contributed by atoms with E-state index in [2.05, 4.69) is 15.4 Å². The van der Waals surface area contributed by atoms with Gasteiger partial charge in [0.2, 0.25) is 5.88 Å². The molecule has 0 saturated heterocycles. The van der Waals surface area contributed by atoms with E-state index in [0.717, 1.165) is 11.4 Å². The van der Waals surface area contributed by atoms with E-state index in [9.17, 15) is 9.50 Å². The van der Waals surface area contributed by atoms with Crippen LogP contribution in [-0.4, -0.2) is 26.4 Å². The second-order valence-electron chi connectivity index (χ2n) is 5.09. The number of rotatable bonds is 1. The van der Waals surface area contributed by atoms with Gasteiger partial charge in [0.05, 0.1) is 0 Å². The number of pyridine rings is 1. The van der Waals surface area contributed by atoms with Gasteiger partial charge in [-0.3, -0.25) is 0 Å². The van der Waals surface area contributed by atoms with Gasteiger partial charge in [-0.05, 0) is 30.7 Å². The Morgan fingerprint density at radius 2 is 2.05 bits per heavy atom. The summed E-state index contributed by atoms with van der Waals surface area (Å²) in [6.07, 6.45) is 2.29. The number of nitrogens with one attached hydrogen (secondary N) is 1. The Hall–Kier alpha value is -2.89. The summed E-state index contributed by atoms with van der Waals surface area (Å²) in [6.45, 7) is 0.632. The van der Waals surface area contributed by atoms with Gasteiger partial charge in [-0.2, -0.15) is 9.78 Å². The summed E-state index contributed by atoms with van der Waals surface area (Å²) >= 11 is 0. The lowest BCUT2D eigenvalue weighted by Gasteiger charge is -2.06. The number of halogens is 1. The Kier molecular flexibility index (Phi) is 2.82. The number of anilines is 1. The van der Waals surface area contributed by atoms with Gasteiger partial charge >= 0.3 is 0 Å². The number of benzene rings is 1.